The highest BCUT2D eigenvalue weighted by molar-refractivity contribution is 5.97. The van der Waals surface area contributed by atoms with E-state index in [9.17, 15) is 19.7 Å². The maximum Gasteiger partial charge on any atom is 0.292 e. The van der Waals surface area contributed by atoms with Gasteiger partial charge in [0.2, 0.25) is 5.91 Å². The van der Waals surface area contributed by atoms with Crippen LogP contribution in [0.15, 0.2) is 48.5 Å². The van der Waals surface area contributed by atoms with Crippen LogP contribution in [0, 0.1) is 16.0 Å². The first kappa shape index (κ1) is 22.7. The largest absolute Gasteiger partial charge is 0.497 e. The SMILES string of the molecule is COc1ccc(C(=O)N[C@H](C(=O)NCCNc2ccccc2[N+](=O)[O-])C(C)C)cc1. The molecule has 0 saturated carbocycles. The topological polar surface area (TPSA) is 123 Å². The molecule has 0 aliphatic rings. The van der Waals surface area contributed by atoms with Gasteiger partial charge in [0.15, 0.2) is 0 Å². The van der Waals surface area contributed by atoms with E-state index in [-0.39, 0.29) is 30.0 Å². The number of nitrogens with zero attached hydrogens (tertiary/aromatic N) is 1. The number of hydrogen-bond acceptors (Lipinski definition) is 6. The first-order chi connectivity index (χ1) is 14.3. The minimum Gasteiger partial charge on any atom is -0.497 e. The number of amides is 2. The predicted octanol–water partition coefficient (Wildman–Crippen LogP) is 2.59. The summed E-state index contributed by atoms with van der Waals surface area (Å²) in [6, 6.07) is 12.2. The fraction of sp³-hybridized carbons (Fsp3) is 0.333. The molecule has 9 nitrogen and oxygen atoms in total. The predicted molar refractivity (Wildman–Crippen MR) is 114 cm³/mol. The highest BCUT2D eigenvalue weighted by atomic mass is 16.6. The number of nitrogens with one attached hydrogen (secondary N) is 3. The number of methoxy groups -OCH3 is 1. The Morgan fingerprint density at radius 3 is 2.33 bits per heavy atom. The van der Waals surface area contributed by atoms with Gasteiger partial charge in [0.05, 0.1) is 12.0 Å². The van der Waals surface area contributed by atoms with Gasteiger partial charge in [0.25, 0.3) is 11.6 Å². The highest BCUT2D eigenvalue weighted by Gasteiger charge is 2.24. The van der Waals surface area contributed by atoms with Crippen molar-refractivity contribution >= 4 is 23.2 Å². The van der Waals surface area contributed by atoms with Gasteiger partial charge >= 0.3 is 0 Å². The number of nitro groups is 1. The Balaban J connectivity index is 1.89. The van der Waals surface area contributed by atoms with E-state index in [0.717, 1.165) is 0 Å². The summed E-state index contributed by atoms with van der Waals surface area (Å²) < 4.78 is 5.07. The van der Waals surface area contributed by atoms with Crippen LogP contribution in [0.5, 0.6) is 5.75 Å². The summed E-state index contributed by atoms with van der Waals surface area (Å²) in [6.07, 6.45) is 0. The van der Waals surface area contributed by atoms with Gasteiger partial charge in [0, 0.05) is 24.7 Å². The van der Waals surface area contributed by atoms with Crippen molar-refractivity contribution < 1.29 is 19.2 Å². The second kappa shape index (κ2) is 10.8. The molecule has 2 amide bonds. The Morgan fingerprint density at radius 2 is 1.73 bits per heavy atom. The maximum absolute atomic E-state index is 12.6. The second-order valence-corrected chi connectivity index (χ2v) is 6.92. The molecule has 0 bridgehead atoms. The number of ether oxygens (including phenoxy) is 1. The lowest BCUT2D eigenvalue weighted by Gasteiger charge is -2.22. The molecule has 2 aromatic rings. The molecule has 0 aliphatic heterocycles. The van der Waals surface area contributed by atoms with Crippen molar-refractivity contribution in [3.8, 4) is 5.75 Å². The van der Waals surface area contributed by atoms with Gasteiger partial charge in [-0.1, -0.05) is 26.0 Å². The van der Waals surface area contributed by atoms with Crippen LogP contribution in [0.1, 0.15) is 24.2 Å². The molecule has 1 atom stereocenters. The van der Waals surface area contributed by atoms with E-state index in [0.29, 0.717) is 23.5 Å². The van der Waals surface area contributed by atoms with E-state index in [1.54, 1.807) is 49.6 Å². The molecule has 2 rings (SSSR count). The molecule has 0 fully saturated rings. The van der Waals surface area contributed by atoms with E-state index in [1.807, 2.05) is 13.8 Å². The lowest BCUT2D eigenvalue weighted by Crippen LogP contribution is -2.50. The fourth-order valence-corrected chi connectivity index (χ4v) is 2.78. The van der Waals surface area contributed by atoms with Gasteiger partial charge in [-0.3, -0.25) is 19.7 Å². The summed E-state index contributed by atoms with van der Waals surface area (Å²) >= 11 is 0. The summed E-state index contributed by atoms with van der Waals surface area (Å²) in [7, 11) is 1.54. The van der Waals surface area contributed by atoms with Crippen molar-refractivity contribution in [1.29, 1.82) is 0 Å². The van der Waals surface area contributed by atoms with Gasteiger partial charge in [-0.2, -0.15) is 0 Å². The van der Waals surface area contributed by atoms with Crippen LogP contribution in [-0.4, -0.2) is 43.0 Å². The minimum absolute atomic E-state index is 0.0318. The Morgan fingerprint density at radius 1 is 1.07 bits per heavy atom. The lowest BCUT2D eigenvalue weighted by atomic mass is 10.0. The first-order valence-electron chi connectivity index (χ1n) is 9.53. The summed E-state index contributed by atoms with van der Waals surface area (Å²) in [6.45, 7) is 4.22. The second-order valence-electron chi connectivity index (χ2n) is 6.92. The molecule has 3 N–H and O–H groups in total. The standard InChI is InChI=1S/C21H26N4O5/c1-14(2)19(24-20(26)15-8-10-16(30-3)11-9-15)21(27)23-13-12-22-17-6-4-5-7-18(17)25(28)29/h4-11,14,19,22H,12-13H2,1-3H3,(H,23,27)(H,24,26)/t19-/m0/s1. The van der Waals surface area contributed by atoms with Crippen LogP contribution in [0.2, 0.25) is 0 Å². The zero-order valence-electron chi connectivity index (χ0n) is 17.2. The zero-order valence-corrected chi connectivity index (χ0v) is 17.2. The molecular weight excluding hydrogens is 388 g/mol. The van der Waals surface area contributed by atoms with Gasteiger partial charge in [-0.25, -0.2) is 0 Å². The molecule has 0 heterocycles. The lowest BCUT2D eigenvalue weighted by molar-refractivity contribution is -0.384. The average Bonchev–Trinajstić information content (AvgIpc) is 2.74. The zero-order chi connectivity index (χ0) is 22.1. The monoisotopic (exact) mass is 414 g/mol. The van der Waals surface area contributed by atoms with Crippen LogP contribution < -0.4 is 20.7 Å². The number of nitro benzene ring substituents is 1. The Kier molecular flexibility index (Phi) is 8.16. The number of benzene rings is 2. The molecular formula is C21H26N4O5. The van der Waals surface area contributed by atoms with Crippen molar-refractivity contribution in [3.63, 3.8) is 0 Å². The molecule has 30 heavy (non-hydrogen) atoms. The van der Waals surface area contributed by atoms with Crippen molar-refractivity contribution in [2.75, 3.05) is 25.5 Å². The maximum atomic E-state index is 12.6. The third kappa shape index (κ3) is 6.20. The third-order valence-electron chi connectivity index (χ3n) is 4.43. The van der Waals surface area contributed by atoms with Gasteiger partial charge in [-0.05, 0) is 36.2 Å². The Hall–Kier alpha value is -3.62. The molecule has 9 heteroatoms. The van der Waals surface area contributed by atoms with E-state index in [4.69, 9.17) is 4.74 Å². The molecule has 0 aromatic heterocycles. The van der Waals surface area contributed by atoms with Crippen LogP contribution in [0.3, 0.4) is 0 Å². The third-order valence-corrected chi connectivity index (χ3v) is 4.43. The van der Waals surface area contributed by atoms with Crippen LogP contribution in [0.25, 0.3) is 0 Å². The molecule has 0 aliphatic carbocycles. The molecule has 0 unspecified atom stereocenters. The molecule has 2 aromatic carbocycles. The van der Waals surface area contributed by atoms with E-state index in [2.05, 4.69) is 16.0 Å². The van der Waals surface area contributed by atoms with Crippen LogP contribution in [-0.2, 0) is 4.79 Å². The Labute approximate surface area is 175 Å². The quantitative estimate of drug-likeness (QED) is 0.312. The van der Waals surface area contributed by atoms with Crippen molar-refractivity contribution in [2.24, 2.45) is 5.92 Å². The van der Waals surface area contributed by atoms with Crippen molar-refractivity contribution in [3.05, 3.63) is 64.2 Å². The number of para-hydroxylation sites is 2. The minimum atomic E-state index is -0.717. The number of rotatable bonds is 10. The average molecular weight is 414 g/mol. The molecule has 160 valence electrons. The Bertz CT molecular complexity index is 883. The smallest absolute Gasteiger partial charge is 0.292 e. The van der Waals surface area contributed by atoms with Crippen LogP contribution in [0.4, 0.5) is 11.4 Å². The van der Waals surface area contributed by atoms with Crippen LogP contribution >= 0.6 is 0 Å². The van der Waals surface area contributed by atoms with E-state index in [1.165, 1.54) is 6.07 Å². The number of hydrogen-bond donors (Lipinski definition) is 3. The summed E-state index contributed by atoms with van der Waals surface area (Å²) in [4.78, 5) is 35.6. The van der Waals surface area contributed by atoms with Crippen molar-refractivity contribution in [1.82, 2.24) is 10.6 Å². The van der Waals surface area contributed by atoms with Gasteiger partial charge in [0.1, 0.15) is 17.5 Å². The van der Waals surface area contributed by atoms with Gasteiger partial charge < -0.3 is 20.7 Å². The number of carbonyl (C=O) groups is 2. The molecule has 0 spiro atoms. The van der Waals surface area contributed by atoms with E-state index < -0.39 is 11.0 Å². The molecule has 0 radical (unpaired) electrons. The summed E-state index contributed by atoms with van der Waals surface area (Å²) in [5, 5.41) is 19.5. The summed E-state index contributed by atoms with van der Waals surface area (Å²) in [5.41, 5.74) is 0.771. The van der Waals surface area contributed by atoms with E-state index >= 15 is 0 Å². The molecule has 0 saturated heterocycles. The highest BCUT2D eigenvalue weighted by Crippen LogP contribution is 2.22. The van der Waals surface area contributed by atoms with Gasteiger partial charge in [-0.15, -0.1) is 0 Å². The summed E-state index contributed by atoms with van der Waals surface area (Å²) in [5.74, 6) is -0.174. The first-order valence-corrected chi connectivity index (χ1v) is 9.53. The van der Waals surface area contributed by atoms with Crippen molar-refractivity contribution in [2.45, 2.75) is 19.9 Å². The fourth-order valence-electron chi connectivity index (χ4n) is 2.78. The number of anilines is 1. The normalized spacial score (nSPS) is 11.5. The number of carbonyl (C=O) groups excluding carboxylic acids is 2.